The lowest BCUT2D eigenvalue weighted by Gasteiger charge is -2.14. The Morgan fingerprint density at radius 2 is 1.71 bits per heavy atom. The van der Waals surface area contributed by atoms with Crippen molar-refractivity contribution in [1.82, 2.24) is 19.4 Å². The van der Waals surface area contributed by atoms with Gasteiger partial charge in [0.25, 0.3) is 11.5 Å². The lowest BCUT2D eigenvalue weighted by atomic mass is 10.1. The van der Waals surface area contributed by atoms with Crippen LogP contribution in [0.1, 0.15) is 27.9 Å². The molecule has 2 heterocycles. The smallest absolute Gasteiger partial charge is 0.332 e. The highest BCUT2D eigenvalue weighted by Gasteiger charge is 2.14. The van der Waals surface area contributed by atoms with E-state index < -0.39 is 5.69 Å². The van der Waals surface area contributed by atoms with Crippen LogP contribution >= 0.6 is 0 Å². The largest absolute Gasteiger partial charge is 0.385 e. The fourth-order valence-electron chi connectivity index (χ4n) is 3.80. The average molecular weight is 459 g/mol. The second kappa shape index (κ2) is 10.7. The number of benzene rings is 2. The van der Waals surface area contributed by atoms with Crippen molar-refractivity contribution in [1.29, 1.82) is 0 Å². The van der Waals surface area contributed by atoms with Crippen molar-refractivity contribution in [3.8, 4) is 0 Å². The number of para-hydroxylation sites is 1. The third-order valence-electron chi connectivity index (χ3n) is 5.56. The second-order valence-electron chi connectivity index (χ2n) is 7.94. The molecule has 4 rings (SSSR count). The summed E-state index contributed by atoms with van der Waals surface area (Å²) in [6.45, 7) is 1.51. The Bertz CT molecular complexity index is 1390. The molecular formula is C26H26N4O4. The van der Waals surface area contributed by atoms with E-state index in [0.29, 0.717) is 36.2 Å². The molecule has 0 saturated carbocycles. The van der Waals surface area contributed by atoms with Crippen molar-refractivity contribution in [3.05, 3.63) is 111 Å². The third kappa shape index (κ3) is 5.13. The maximum Gasteiger partial charge on any atom is 0.332 e. The van der Waals surface area contributed by atoms with Crippen molar-refractivity contribution in [3.63, 3.8) is 0 Å². The first-order chi connectivity index (χ1) is 16.6. The lowest BCUT2D eigenvalue weighted by molar-refractivity contribution is 0.0948. The lowest BCUT2D eigenvalue weighted by Crippen LogP contribution is -2.40. The molecule has 0 aliphatic carbocycles. The first kappa shape index (κ1) is 23.1. The van der Waals surface area contributed by atoms with Crippen LogP contribution in [0.15, 0.2) is 82.6 Å². The van der Waals surface area contributed by atoms with Crippen molar-refractivity contribution in [2.75, 3.05) is 20.3 Å². The predicted octanol–water partition coefficient (Wildman–Crippen LogP) is 2.42. The molecule has 8 heteroatoms. The highest BCUT2D eigenvalue weighted by Crippen LogP contribution is 2.11. The number of methoxy groups -OCH3 is 1. The standard InChI is InChI=1S/C26H26N4O4/c1-34-15-5-14-28-24(31)21-11-9-19(10-12-21)17-30-25(32)22-7-2-3-8-23(22)29(26(30)33)18-20-6-4-13-27-16-20/h2-4,6-13,16H,5,14-15,17-18H2,1H3,(H,28,31). The Morgan fingerprint density at radius 1 is 0.941 bits per heavy atom. The topological polar surface area (TPSA) is 95.2 Å². The summed E-state index contributed by atoms with van der Waals surface area (Å²) in [7, 11) is 1.62. The maximum absolute atomic E-state index is 13.4. The number of nitrogens with one attached hydrogen (secondary N) is 1. The maximum atomic E-state index is 13.4. The van der Waals surface area contributed by atoms with E-state index in [9.17, 15) is 14.4 Å². The number of amides is 1. The number of hydrogen-bond donors (Lipinski definition) is 1. The molecule has 2 aromatic carbocycles. The quantitative estimate of drug-likeness (QED) is 0.389. The Balaban J connectivity index is 1.63. The van der Waals surface area contributed by atoms with Crippen LogP contribution in [-0.2, 0) is 17.8 Å². The number of nitrogens with zero attached hydrogens (tertiary/aromatic N) is 3. The zero-order valence-electron chi connectivity index (χ0n) is 18.9. The summed E-state index contributed by atoms with van der Waals surface area (Å²) >= 11 is 0. The summed E-state index contributed by atoms with van der Waals surface area (Å²) in [5.41, 5.74) is 1.97. The van der Waals surface area contributed by atoms with Crippen LogP contribution in [0, 0.1) is 0 Å². The number of hydrogen-bond acceptors (Lipinski definition) is 5. The minimum Gasteiger partial charge on any atom is -0.385 e. The molecule has 0 fully saturated rings. The van der Waals surface area contributed by atoms with E-state index in [-0.39, 0.29) is 18.0 Å². The fourth-order valence-corrected chi connectivity index (χ4v) is 3.80. The number of fused-ring (bicyclic) bond motifs is 1. The molecule has 1 amide bonds. The van der Waals surface area contributed by atoms with Gasteiger partial charge in [0, 0.05) is 38.2 Å². The number of rotatable bonds is 9. The summed E-state index contributed by atoms with van der Waals surface area (Å²) in [4.78, 5) is 43.0. The first-order valence-corrected chi connectivity index (χ1v) is 11.1. The zero-order chi connectivity index (χ0) is 23.9. The van der Waals surface area contributed by atoms with Crippen molar-refractivity contribution >= 4 is 16.8 Å². The van der Waals surface area contributed by atoms with E-state index in [0.717, 1.165) is 17.5 Å². The number of ether oxygens (including phenoxy) is 1. The monoisotopic (exact) mass is 458 g/mol. The molecule has 34 heavy (non-hydrogen) atoms. The Kier molecular flexibility index (Phi) is 7.29. The van der Waals surface area contributed by atoms with Gasteiger partial charge in [0.15, 0.2) is 0 Å². The molecule has 0 radical (unpaired) electrons. The van der Waals surface area contributed by atoms with Crippen LogP contribution in [0.25, 0.3) is 10.9 Å². The van der Waals surface area contributed by atoms with E-state index in [4.69, 9.17) is 4.74 Å². The van der Waals surface area contributed by atoms with E-state index in [1.807, 2.05) is 18.2 Å². The molecule has 174 valence electrons. The van der Waals surface area contributed by atoms with Crippen molar-refractivity contribution in [2.24, 2.45) is 0 Å². The molecule has 0 aliphatic heterocycles. The van der Waals surface area contributed by atoms with E-state index in [1.165, 1.54) is 4.57 Å². The summed E-state index contributed by atoms with van der Waals surface area (Å²) in [6, 6.07) is 17.7. The van der Waals surface area contributed by atoms with Crippen LogP contribution in [0.3, 0.4) is 0 Å². The van der Waals surface area contributed by atoms with Crippen LogP contribution < -0.4 is 16.6 Å². The Morgan fingerprint density at radius 3 is 2.44 bits per heavy atom. The van der Waals surface area contributed by atoms with E-state index in [2.05, 4.69) is 10.3 Å². The Hall–Kier alpha value is -4.04. The fraction of sp³-hybridized carbons (Fsp3) is 0.231. The summed E-state index contributed by atoms with van der Waals surface area (Å²) < 4.78 is 7.81. The van der Waals surface area contributed by atoms with Gasteiger partial charge in [-0.3, -0.25) is 23.7 Å². The normalized spacial score (nSPS) is 11.0. The minimum atomic E-state index is -0.396. The summed E-state index contributed by atoms with van der Waals surface area (Å²) in [5, 5.41) is 3.31. The predicted molar refractivity (Wildman–Crippen MR) is 130 cm³/mol. The van der Waals surface area contributed by atoms with Gasteiger partial charge in [-0.1, -0.05) is 30.3 Å². The molecule has 0 unspecified atom stereocenters. The van der Waals surface area contributed by atoms with Gasteiger partial charge in [-0.05, 0) is 47.9 Å². The van der Waals surface area contributed by atoms with Gasteiger partial charge in [0.2, 0.25) is 0 Å². The SMILES string of the molecule is COCCCNC(=O)c1ccc(Cn2c(=O)c3ccccc3n(Cc3cccnc3)c2=O)cc1. The Labute approximate surface area is 196 Å². The highest BCUT2D eigenvalue weighted by molar-refractivity contribution is 5.94. The molecule has 0 atom stereocenters. The molecular weight excluding hydrogens is 432 g/mol. The van der Waals surface area contributed by atoms with Crippen molar-refractivity contribution < 1.29 is 9.53 Å². The summed E-state index contributed by atoms with van der Waals surface area (Å²) in [6.07, 6.45) is 4.11. The number of pyridine rings is 1. The molecule has 1 N–H and O–H groups in total. The van der Waals surface area contributed by atoms with E-state index >= 15 is 0 Å². The molecule has 0 spiro atoms. The molecule has 0 bridgehead atoms. The van der Waals surface area contributed by atoms with Gasteiger partial charge in [0.05, 0.1) is 24.0 Å². The first-order valence-electron chi connectivity index (χ1n) is 11.1. The number of carbonyl (C=O) groups excluding carboxylic acids is 1. The third-order valence-corrected chi connectivity index (χ3v) is 5.56. The van der Waals surface area contributed by atoms with Gasteiger partial charge in [0.1, 0.15) is 0 Å². The van der Waals surface area contributed by atoms with Crippen LogP contribution in [0.4, 0.5) is 0 Å². The zero-order valence-corrected chi connectivity index (χ0v) is 18.9. The van der Waals surface area contributed by atoms with Gasteiger partial charge < -0.3 is 10.1 Å². The van der Waals surface area contributed by atoms with Crippen molar-refractivity contribution in [2.45, 2.75) is 19.5 Å². The van der Waals surface area contributed by atoms with Gasteiger partial charge in [-0.2, -0.15) is 0 Å². The van der Waals surface area contributed by atoms with Crippen LogP contribution in [-0.4, -0.2) is 40.3 Å². The second-order valence-corrected chi connectivity index (χ2v) is 7.94. The van der Waals surface area contributed by atoms with Crippen LogP contribution in [0.5, 0.6) is 0 Å². The van der Waals surface area contributed by atoms with Gasteiger partial charge in [-0.25, -0.2) is 4.79 Å². The van der Waals surface area contributed by atoms with Crippen LogP contribution in [0.2, 0.25) is 0 Å². The molecule has 4 aromatic rings. The molecule has 0 aliphatic rings. The van der Waals surface area contributed by atoms with Gasteiger partial charge in [-0.15, -0.1) is 0 Å². The minimum absolute atomic E-state index is 0.102. The van der Waals surface area contributed by atoms with Gasteiger partial charge >= 0.3 is 5.69 Å². The molecule has 8 nitrogen and oxygen atoms in total. The number of carbonyl (C=O) groups is 1. The average Bonchev–Trinajstić information content (AvgIpc) is 2.88. The highest BCUT2D eigenvalue weighted by atomic mass is 16.5. The molecule has 0 saturated heterocycles. The number of aromatic nitrogens is 3. The van der Waals surface area contributed by atoms with E-state index in [1.54, 1.807) is 66.5 Å². The summed E-state index contributed by atoms with van der Waals surface area (Å²) in [5.74, 6) is -0.177. The molecule has 2 aromatic heterocycles.